The van der Waals surface area contributed by atoms with E-state index in [4.69, 9.17) is 18.9 Å². The van der Waals surface area contributed by atoms with E-state index in [1.807, 2.05) is 39.8 Å². The fraction of sp³-hybridized carbons (Fsp3) is 0.472. The number of fused-ring (bicyclic) bond motifs is 1. The van der Waals surface area contributed by atoms with Crippen molar-refractivity contribution in [2.45, 2.75) is 46.6 Å². The Labute approximate surface area is 262 Å². The molecule has 3 aromatic carbocycles. The summed E-state index contributed by atoms with van der Waals surface area (Å²) in [7, 11) is 0. The molecule has 236 valence electrons. The molecule has 5 rings (SSSR count). The highest BCUT2D eigenvalue weighted by molar-refractivity contribution is 5.79. The van der Waals surface area contributed by atoms with Gasteiger partial charge >= 0.3 is 0 Å². The van der Waals surface area contributed by atoms with E-state index in [-0.39, 0.29) is 11.9 Å². The van der Waals surface area contributed by atoms with Crippen molar-refractivity contribution in [3.8, 4) is 23.0 Å². The summed E-state index contributed by atoms with van der Waals surface area (Å²) in [6.07, 6.45) is 1.44. The standard InChI is InChI=1S/C36H47N3O5/c1-5-41-32-15-14-27(23-33(32)42-6-2)22-31-30-25-35(44-8-4)34(43-7-3)24-28(30)16-17-39(31)36(40)26-37-18-20-38(21-19-37)29-12-10-9-11-13-29/h9-15,23-25,31H,5-8,16-22,26H2,1-4H3/t31-/m1/s1. The van der Waals surface area contributed by atoms with Gasteiger partial charge in [-0.1, -0.05) is 24.3 Å². The zero-order valence-corrected chi connectivity index (χ0v) is 26.7. The summed E-state index contributed by atoms with van der Waals surface area (Å²) >= 11 is 0. The van der Waals surface area contributed by atoms with E-state index in [0.29, 0.717) is 45.9 Å². The highest BCUT2D eigenvalue weighted by atomic mass is 16.5. The second-order valence-corrected chi connectivity index (χ2v) is 11.2. The van der Waals surface area contributed by atoms with Crippen LogP contribution in [0.15, 0.2) is 60.7 Å². The number of carbonyl (C=O) groups is 1. The van der Waals surface area contributed by atoms with Gasteiger partial charge < -0.3 is 28.7 Å². The lowest BCUT2D eigenvalue weighted by Crippen LogP contribution is -2.51. The van der Waals surface area contributed by atoms with Crippen LogP contribution in [0.3, 0.4) is 0 Å². The predicted octanol–water partition coefficient (Wildman–Crippen LogP) is 5.77. The molecular formula is C36H47N3O5. The largest absolute Gasteiger partial charge is 0.490 e. The molecule has 0 radical (unpaired) electrons. The first kappa shape index (κ1) is 31.5. The van der Waals surface area contributed by atoms with E-state index in [1.54, 1.807) is 0 Å². The molecule has 8 nitrogen and oxygen atoms in total. The van der Waals surface area contributed by atoms with Gasteiger partial charge in [-0.25, -0.2) is 0 Å². The van der Waals surface area contributed by atoms with Crippen molar-refractivity contribution in [1.29, 1.82) is 0 Å². The number of anilines is 1. The van der Waals surface area contributed by atoms with Crippen LogP contribution in [0.25, 0.3) is 0 Å². The van der Waals surface area contributed by atoms with Crippen LogP contribution in [0, 0.1) is 0 Å². The second kappa shape index (κ2) is 15.2. The van der Waals surface area contributed by atoms with Gasteiger partial charge in [-0.2, -0.15) is 0 Å². The highest BCUT2D eigenvalue weighted by Gasteiger charge is 2.34. The molecule has 8 heteroatoms. The summed E-state index contributed by atoms with van der Waals surface area (Å²) in [5.41, 5.74) is 4.66. The van der Waals surface area contributed by atoms with Crippen LogP contribution in [0.1, 0.15) is 50.4 Å². The maximum Gasteiger partial charge on any atom is 0.237 e. The van der Waals surface area contributed by atoms with Gasteiger partial charge in [0.05, 0.1) is 39.0 Å². The highest BCUT2D eigenvalue weighted by Crippen LogP contribution is 2.41. The third-order valence-corrected chi connectivity index (χ3v) is 8.37. The Kier molecular flexibility index (Phi) is 10.9. The first-order valence-electron chi connectivity index (χ1n) is 16.2. The average Bonchev–Trinajstić information content (AvgIpc) is 3.04. The summed E-state index contributed by atoms with van der Waals surface area (Å²) in [5, 5.41) is 0. The molecule has 0 bridgehead atoms. The van der Waals surface area contributed by atoms with Crippen LogP contribution in [0.4, 0.5) is 5.69 Å². The van der Waals surface area contributed by atoms with Crippen molar-refractivity contribution < 1.29 is 23.7 Å². The molecule has 2 aliphatic heterocycles. The molecule has 1 fully saturated rings. The predicted molar refractivity (Wildman–Crippen MR) is 175 cm³/mol. The number of para-hydroxylation sites is 1. The summed E-state index contributed by atoms with van der Waals surface area (Å²) in [4.78, 5) is 20.9. The molecule has 1 atom stereocenters. The van der Waals surface area contributed by atoms with Crippen molar-refractivity contribution in [3.63, 3.8) is 0 Å². The Balaban J connectivity index is 1.40. The SMILES string of the molecule is CCOc1ccc(C[C@@H]2c3cc(OCC)c(OCC)cc3CCN2C(=O)CN2CCN(c3ccccc3)CC2)cc1OCC. The van der Waals surface area contributed by atoms with Gasteiger partial charge in [0.25, 0.3) is 0 Å². The normalized spacial score (nSPS) is 16.8. The minimum Gasteiger partial charge on any atom is -0.490 e. The topological polar surface area (TPSA) is 63.7 Å². The number of ether oxygens (including phenoxy) is 4. The van der Waals surface area contributed by atoms with Gasteiger partial charge in [-0.15, -0.1) is 0 Å². The molecule has 1 saturated heterocycles. The number of carbonyl (C=O) groups excluding carboxylic acids is 1. The van der Waals surface area contributed by atoms with Gasteiger partial charge in [-0.05, 0) is 93.6 Å². The van der Waals surface area contributed by atoms with E-state index in [0.717, 1.165) is 66.7 Å². The smallest absolute Gasteiger partial charge is 0.237 e. The third-order valence-electron chi connectivity index (χ3n) is 8.37. The first-order valence-corrected chi connectivity index (χ1v) is 16.2. The second-order valence-electron chi connectivity index (χ2n) is 11.2. The summed E-state index contributed by atoms with van der Waals surface area (Å²) in [6, 6.07) is 20.7. The van der Waals surface area contributed by atoms with Crippen LogP contribution < -0.4 is 23.8 Å². The Hall–Kier alpha value is -3.91. The minimum atomic E-state index is -0.140. The van der Waals surface area contributed by atoms with Crippen LogP contribution in [0.2, 0.25) is 0 Å². The Morgan fingerprint density at radius 2 is 1.32 bits per heavy atom. The van der Waals surface area contributed by atoms with Crippen molar-refractivity contribution in [3.05, 3.63) is 77.4 Å². The van der Waals surface area contributed by atoms with Gasteiger partial charge in [0, 0.05) is 38.4 Å². The van der Waals surface area contributed by atoms with Gasteiger partial charge in [0.1, 0.15) is 0 Å². The molecule has 0 spiro atoms. The van der Waals surface area contributed by atoms with E-state index < -0.39 is 0 Å². The third kappa shape index (κ3) is 7.41. The molecule has 2 aliphatic rings. The maximum atomic E-state index is 14.1. The number of amides is 1. The number of nitrogens with zero attached hydrogens (tertiary/aromatic N) is 3. The van der Waals surface area contributed by atoms with Gasteiger partial charge in [0.2, 0.25) is 5.91 Å². The first-order chi connectivity index (χ1) is 21.5. The molecule has 1 amide bonds. The molecule has 0 N–H and O–H groups in total. The quantitative estimate of drug-likeness (QED) is 0.246. The molecular weight excluding hydrogens is 554 g/mol. The number of hydrogen-bond donors (Lipinski definition) is 0. The van der Waals surface area contributed by atoms with Crippen LogP contribution in [-0.2, 0) is 17.6 Å². The Morgan fingerprint density at radius 1 is 0.705 bits per heavy atom. The number of rotatable bonds is 13. The fourth-order valence-electron chi connectivity index (χ4n) is 6.30. The fourth-order valence-corrected chi connectivity index (χ4v) is 6.30. The van der Waals surface area contributed by atoms with Crippen molar-refractivity contribution >= 4 is 11.6 Å². The van der Waals surface area contributed by atoms with E-state index in [1.165, 1.54) is 11.3 Å². The molecule has 2 heterocycles. The van der Waals surface area contributed by atoms with E-state index in [2.05, 4.69) is 63.2 Å². The molecule has 0 unspecified atom stereocenters. The van der Waals surface area contributed by atoms with Crippen LogP contribution >= 0.6 is 0 Å². The van der Waals surface area contributed by atoms with Gasteiger partial charge in [0.15, 0.2) is 23.0 Å². The number of hydrogen-bond acceptors (Lipinski definition) is 7. The summed E-state index contributed by atoms with van der Waals surface area (Å²) in [5.74, 6) is 3.13. The van der Waals surface area contributed by atoms with Crippen molar-refractivity contribution in [1.82, 2.24) is 9.80 Å². The van der Waals surface area contributed by atoms with Crippen molar-refractivity contribution in [2.24, 2.45) is 0 Å². The van der Waals surface area contributed by atoms with Crippen LogP contribution in [0.5, 0.6) is 23.0 Å². The zero-order chi connectivity index (χ0) is 30.9. The zero-order valence-electron chi connectivity index (χ0n) is 26.7. The lowest BCUT2D eigenvalue weighted by molar-refractivity contribution is -0.135. The average molecular weight is 602 g/mol. The monoisotopic (exact) mass is 601 g/mol. The minimum absolute atomic E-state index is 0.140. The summed E-state index contributed by atoms with van der Waals surface area (Å²) in [6.45, 7) is 14.8. The number of piperazine rings is 1. The Morgan fingerprint density at radius 3 is 1.98 bits per heavy atom. The summed E-state index contributed by atoms with van der Waals surface area (Å²) < 4.78 is 23.8. The maximum absolute atomic E-state index is 14.1. The van der Waals surface area contributed by atoms with E-state index >= 15 is 0 Å². The molecule has 0 aromatic heterocycles. The van der Waals surface area contributed by atoms with Gasteiger partial charge in [-0.3, -0.25) is 9.69 Å². The molecule has 0 aliphatic carbocycles. The Bertz CT molecular complexity index is 1370. The molecule has 3 aromatic rings. The lowest BCUT2D eigenvalue weighted by atomic mass is 9.88. The number of benzene rings is 3. The van der Waals surface area contributed by atoms with Crippen LogP contribution in [-0.4, -0.2) is 81.4 Å². The molecule has 0 saturated carbocycles. The molecule has 44 heavy (non-hydrogen) atoms. The van der Waals surface area contributed by atoms with Crippen molar-refractivity contribution in [2.75, 3.05) is 70.6 Å². The van der Waals surface area contributed by atoms with E-state index in [9.17, 15) is 4.79 Å². The lowest BCUT2D eigenvalue weighted by Gasteiger charge is -2.40.